The summed E-state index contributed by atoms with van der Waals surface area (Å²) in [4.78, 5) is 36.9. The number of alkyl carbamates (subject to hydrolysis) is 1. The number of carbonyl (C=O) groups is 2. The summed E-state index contributed by atoms with van der Waals surface area (Å²) in [5.41, 5.74) is 3.21. The van der Waals surface area contributed by atoms with Crippen molar-refractivity contribution in [3.8, 4) is 5.75 Å². The molecule has 1 aromatic heterocycles. The molecule has 31 heavy (non-hydrogen) atoms. The molecule has 2 aromatic carbocycles. The fourth-order valence-corrected chi connectivity index (χ4v) is 3.78. The van der Waals surface area contributed by atoms with Gasteiger partial charge in [0.05, 0.1) is 5.39 Å². The van der Waals surface area contributed by atoms with Crippen LogP contribution in [0.1, 0.15) is 35.6 Å². The summed E-state index contributed by atoms with van der Waals surface area (Å²) >= 11 is 0. The summed E-state index contributed by atoms with van der Waals surface area (Å²) < 4.78 is 16.3. The lowest BCUT2D eigenvalue weighted by molar-refractivity contribution is -0.136. The van der Waals surface area contributed by atoms with Gasteiger partial charge in [-0.2, -0.15) is 0 Å². The summed E-state index contributed by atoms with van der Waals surface area (Å²) in [7, 11) is 0. The van der Waals surface area contributed by atoms with Gasteiger partial charge < -0.3 is 19.2 Å². The molecule has 0 fully saturated rings. The number of amides is 1. The van der Waals surface area contributed by atoms with Crippen molar-refractivity contribution in [2.75, 3.05) is 0 Å². The van der Waals surface area contributed by atoms with Gasteiger partial charge in [-0.1, -0.05) is 30.3 Å². The Morgan fingerprint density at radius 2 is 1.87 bits per heavy atom. The Morgan fingerprint density at radius 1 is 1.13 bits per heavy atom. The van der Waals surface area contributed by atoms with Gasteiger partial charge in [-0.25, -0.2) is 14.4 Å². The molecule has 1 aliphatic rings. The lowest BCUT2D eigenvalue weighted by atomic mass is 10.0. The van der Waals surface area contributed by atoms with Crippen LogP contribution in [-0.2, 0) is 29.0 Å². The van der Waals surface area contributed by atoms with Crippen LogP contribution in [-0.4, -0.2) is 18.1 Å². The Balaban J connectivity index is 1.48. The number of aryl methyl sites for hydroxylation is 2. The van der Waals surface area contributed by atoms with E-state index in [1.165, 1.54) is 6.92 Å². The van der Waals surface area contributed by atoms with Crippen molar-refractivity contribution in [3.63, 3.8) is 0 Å². The standard InChI is InChI=1S/C24H23NO6/c1-14-11-19(21-17-9-6-10-18(17)23(27)31-20(21)12-14)30-22(26)15(2)25-24(28)29-13-16-7-4-3-5-8-16/h3-5,7-8,11-12,15H,6,9-10,13H2,1-2H3,(H,25,28)/t15-/m1/s1. The molecule has 0 aliphatic heterocycles. The zero-order valence-electron chi connectivity index (χ0n) is 17.4. The Morgan fingerprint density at radius 3 is 2.65 bits per heavy atom. The second-order valence-electron chi connectivity index (χ2n) is 7.69. The summed E-state index contributed by atoms with van der Waals surface area (Å²) in [6.45, 7) is 3.45. The molecule has 1 N–H and O–H groups in total. The van der Waals surface area contributed by atoms with Gasteiger partial charge in [0.2, 0.25) is 0 Å². The van der Waals surface area contributed by atoms with Crippen molar-refractivity contribution in [1.82, 2.24) is 5.32 Å². The molecule has 1 aliphatic carbocycles. The first-order valence-corrected chi connectivity index (χ1v) is 10.2. The van der Waals surface area contributed by atoms with E-state index in [-0.39, 0.29) is 12.2 Å². The maximum Gasteiger partial charge on any atom is 0.408 e. The number of hydrogen-bond donors (Lipinski definition) is 1. The lowest BCUT2D eigenvalue weighted by Crippen LogP contribution is -2.41. The van der Waals surface area contributed by atoms with E-state index in [1.54, 1.807) is 12.1 Å². The molecular weight excluding hydrogens is 398 g/mol. The minimum absolute atomic E-state index is 0.0993. The molecule has 7 heteroatoms. The third-order valence-corrected chi connectivity index (χ3v) is 5.29. The van der Waals surface area contributed by atoms with Crippen LogP contribution in [0.4, 0.5) is 4.79 Å². The fourth-order valence-electron chi connectivity index (χ4n) is 3.78. The van der Waals surface area contributed by atoms with E-state index < -0.39 is 18.1 Å². The predicted molar refractivity (Wildman–Crippen MR) is 114 cm³/mol. The van der Waals surface area contributed by atoms with E-state index in [0.717, 1.165) is 29.5 Å². The molecule has 160 valence electrons. The van der Waals surface area contributed by atoms with Crippen LogP contribution in [0.25, 0.3) is 11.0 Å². The normalized spacial score (nSPS) is 13.5. The molecule has 0 spiro atoms. The second-order valence-corrected chi connectivity index (χ2v) is 7.69. The highest BCUT2D eigenvalue weighted by Crippen LogP contribution is 2.35. The molecule has 0 unspecified atom stereocenters. The molecule has 0 radical (unpaired) electrons. The summed E-state index contributed by atoms with van der Waals surface area (Å²) in [6.07, 6.45) is 1.52. The molecule has 0 bridgehead atoms. The molecule has 0 saturated heterocycles. The molecule has 0 saturated carbocycles. The van der Waals surface area contributed by atoms with Gasteiger partial charge in [0.25, 0.3) is 0 Å². The Hall–Kier alpha value is -3.61. The van der Waals surface area contributed by atoms with E-state index in [9.17, 15) is 14.4 Å². The van der Waals surface area contributed by atoms with E-state index >= 15 is 0 Å². The number of ether oxygens (including phenoxy) is 2. The van der Waals surface area contributed by atoms with Crippen molar-refractivity contribution < 1.29 is 23.5 Å². The minimum Gasteiger partial charge on any atom is -0.445 e. The van der Waals surface area contributed by atoms with Gasteiger partial charge >= 0.3 is 17.7 Å². The average Bonchev–Trinajstić information content (AvgIpc) is 3.23. The quantitative estimate of drug-likeness (QED) is 0.382. The van der Waals surface area contributed by atoms with Crippen LogP contribution in [0.2, 0.25) is 0 Å². The SMILES string of the molecule is Cc1cc(OC(=O)[C@@H](C)NC(=O)OCc2ccccc2)c2c3c(c(=O)oc2c1)CCC3. The van der Waals surface area contributed by atoms with Crippen LogP contribution >= 0.6 is 0 Å². The third kappa shape index (κ3) is 4.45. The van der Waals surface area contributed by atoms with Crippen LogP contribution in [0, 0.1) is 6.92 Å². The lowest BCUT2D eigenvalue weighted by Gasteiger charge is -2.16. The molecular formula is C24H23NO6. The van der Waals surface area contributed by atoms with Gasteiger partial charge in [0, 0.05) is 5.56 Å². The van der Waals surface area contributed by atoms with Gasteiger partial charge in [-0.3, -0.25) is 0 Å². The highest BCUT2D eigenvalue weighted by molar-refractivity contribution is 5.92. The van der Waals surface area contributed by atoms with Gasteiger partial charge in [-0.15, -0.1) is 0 Å². The van der Waals surface area contributed by atoms with Crippen molar-refractivity contribution >= 4 is 23.0 Å². The van der Waals surface area contributed by atoms with Crippen molar-refractivity contribution in [3.05, 3.63) is 75.1 Å². The van der Waals surface area contributed by atoms with Crippen molar-refractivity contribution in [2.24, 2.45) is 0 Å². The van der Waals surface area contributed by atoms with Gasteiger partial charge in [-0.05, 0) is 61.9 Å². The number of hydrogen-bond acceptors (Lipinski definition) is 6. The summed E-state index contributed by atoms with van der Waals surface area (Å²) in [5.74, 6) is -0.310. The van der Waals surface area contributed by atoms with Crippen molar-refractivity contribution in [1.29, 1.82) is 0 Å². The van der Waals surface area contributed by atoms with Crippen LogP contribution in [0.5, 0.6) is 5.75 Å². The van der Waals surface area contributed by atoms with Crippen LogP contribution in [0.3, 0.4) is 0 Å². The first kappa shape index (κ1) is 20.7. The van der Waals surface area contributed by atoms with Crippen LogP contribution < -0.4 is 15.7 Å². The highest BCUT2D eigenvalue weighted by Gasteiger charge is 2.25. The zero-order valence-corrected chi connectivity index (χ0v) is 17.4. The fraction of sp³-hybridized carbons (Fsp3) is 0.292. The largest absolute Gasteiger partial charge is 0.445 e. The van der Waals surface area contributed by atoms with Crippen LogP contribution in [0.15, 0.2) is 51.7 Å². The number of esters is 1. The van der Waals surface area contributed by atoms with Gasteiger partial charge in [0.15, 0.2) is 0 Å². The van der Waals surface area contributed by atoms with E-state index in [2.05, 4.69) is 5.32 Å². The first-order valence-electron chi connectivity index (χ1n) is 10.2. The van der Waals surface area contributed by atoms with Crippen molar-refractivity contribution in [2.45, 2.75) is 45.8 Å². The molecule has 1 amide bonds. The third-order valence-electron chi connectivity index (χ3n) is 5.29. The number of fused-ring (bicyclic) bond motifs is 3. The maximum atomic E-state index is 12.7. The minimum atomic E-state index is -0.928. The average molecular weight is 421 g/mol. The monoisotopic (exact) mass is 421 g/mol. The van der Waals surface area contributed by atoms with E-state index in [1.807, 2.05) is 37.3 Å². The highest BCUT2D eigenvalue weighted by atomic mass is 16.6. The number of carbonyl (C=O) groups excluding carboxylic acids is 2. The summed E-state index contributed by atoms with van der Waals surface area (Å²) in [5, 5.41) is 3.13. The molecule has 3 aromatic rings. The van der Waals surface area contributed by atoms with E-state index in [4.69, 9.17) is 13.9 Å². The van der Waals surface area contributed by atoms with Gasteiger partial charge in [0.1, 0.15) is 24.0 Å². The van der Waals surface area contributed by atoms with E-state index in [0.29, 0.717) is 28.7 Å². The Kier molecular flexibility index (Phi) is 5.75. The molecule has 1 atom stereocenters. The smallest absolute Gasteiger partial charge is 0.408 e. The predicted octanol–water partition coefficient (Wildman–Crippen LogP) is 3.81. The second kappa shape index (κ2) is 8.63. The number of nitrogens with one attached hydrogen (secondary N) is 1. The zero-order chi connectivity index (χ0) is 22.0. The number of rotatable bonds is 5. The topological polar surface area (TPSA) is 94.8 Å². The maximum absolute atomic E-state index is 12.7. The molecule has 7 nitrogen and oxygen atoms in total. The Bertz CT molecular complexity index is 1200. The Labute approximate surface area is 179 Å². The first-order chi connectivity index (χ1) is 14.9. The molecule has 4 rings (SSSR count). The molecule has 1 heterocycles. The summed E-state index contributed by atoms with van der Waals surface area (Å²) in [6, 6.07) is 11.8. The number of benzene rings is 2.